The third kappa shape index (κ3) is 72.2. The minimum atomic E-state index is -4.96. The molecular weight excluding hydrogens is 1270 g/mol. The minimum Gasteiger partial charge on any atom is -0.462 e. The molecule has 0 aliphatic heterocycles. The molecule has 576 valence electrons. The maximum atomic E-state index is 13.1. The lowest BCUT2D eigenvalue weighted by Crippen LogP contribution is -2.30. The zero-order chi connectivity index (χ0) is 71.6. The van der Waals surface area contributed by atoms with Crippen molar-refractivity contribution >= 4 is 39.5 Å². The molecule has 0 aromatic rings. The van der Waals surface area contributed by atoms with Gasteiger partial charge in [-0.2, -0.15) is 0 Å². The van der Waals surface area contributed by atoms with Crippen LogP contribution in [0, 0.1) is 17.8 Å². The van der Waals surface area contributed by atoms with E-state index in [-0.39, 0.29) is 25.7 Å². The molecule has 0 aromatic carbocycles. The van der Waals surface area contributed by atoms with Gasteiger partial charge in [-0.3, -0.25) is 37.3 Å². The quantitative estimate of drug-likeness (QED) is 0.0222. The summed E-state index contributed by atoms with van der Waals surface area (Å²) < 4.78 is 68.6. The summed E-state index contributed by atoms with van der Waals surface area (Å²) in [4.78, 5) is 72.9. The molecule has 17 nitrogen and oxygen atoms in total. The molecule has 0 aromatic heterocycles. The second-order valence-electron chi connectivity index (χ2n) is 29.5. The Bertz CT molecular complexity index is 1890. The number of phosphoric ester groups is 2. The molecule has 19 heteroatoms. The average Bonchev–Trinajstić information content (AvgIpc) is 1.56. The first-order valence-corrected chi connectivity index (χ1v) is 43.3. The topological polar surface area (TPSA) is 237 Å². The summed E-state index contributed by atoms with van der Waals surface area (Å²) in [6, 6.07) is 0. The zero-order valence-electron chi connectivity index (χ0n) is 63.5. The summed E-state index contributed by atoms with van der Waals surface area (Å²) >= 11 is 0. The van der Waals surface area contributed by atoms with Gasteiger partial charge in [0, 0.05) is 25.7 Å². The number of aliphatic hydroxyl groups is 1. The summed E-state index contributed by atoms with van der Waals surface area (Å²) in [6.45, 7) is 11.9. The molecule has 0 saturated carbocycles. The van der Waals surface area contributed by atoms with Crippen LogP contribution in [0.25, 0.3) is 0 Å². The fourth-order valence-electron chi connectivity index (χ4n) is 12.0. The first kappa shape index (κ1) is 95.1. The first-order valence-electron chi connectivity index (χ1n) is 40.3. The number of aliphatic hydroxyl groups excluding tert-OH is 1. The van der Waals surface area contributed by atoms with Crippen molar-refractivity contribution in [3.05, 3.63) is 0 Å². The minimum absolute atomic E-state index is 0.107. The van der Waals surface area contributed by atoms with E-state index < -0.39 is 97.5 Å². The van der Waals surface area contributed by atoms with Crippen LogP contribution in [-0.4, -0.2) is 96.7 Å². The third-order valence-electron chi connectivity index (χ3n) is 18.1. The van der Waals surface area contributed by atoms with Crippen LogP contribution in [0.4, 0.5) is 0 Å². The molecule has 0 spiro atoms. The first-order chi connectivity index (χ1) is 46.7. The van der Waals surface area contributed by atoms with Crippen molar-refractivity contribution in [2.45, 2.75) is 420 Å². The number of carbonyl (C=O) groups excluding carboxylic acids is 4. The van der Waals surface area contributed by atoms with Crippen LogP contribution in [0.1, 0.15) is 402 Å². The van der Waals surface area contributed by atoms with Gasteiger partial charge in [0.2, 0.25) is 0 Å². The zero-order valence-corrected chi connectivity index (χ0v) is 65.3. The van der Waals surface area contributed by atoms with Crippen LogP contribution < -0.4 is 0 Å². The maximum absolute atomic E-state index is 13.1. The lowest BCUT2D eigenvalue weighted by molar-refractivity contribution is -0.161. The molecule has 0 saturated heterocycles. The second kappa shape index (κ2) is 68.5. The number of hydrogen-bond donors (Lipinski definition) is 3. The van der Waals surface area contributed by atoms with Gasteiger partial charge in [0.25, 0.3) is 0 Å². The highest BCUT2D eigenvalue weighted by atomic mass is 31.2. The number of hydrogen-bond acceptors (Lipinski definition) is 15. The van der Waals surface area contributed by atoms with E-state index in [0.29, 0.717) is 31.6 Å². The largest absolute Gasteiger partial charge is 0.472 e. The molecule has 2 unspecified atom stereocenters. The number of rotatable bonds is 76. The van der Waals surface area contributed by atoms with Crippen LogP contribution >= 0.6 is 15.6 Å². The number of carbonyl (C=O) groups is 4. The maximum Gasteiger partial charge on any atom is 0.472 e. The third-order valence-corrected chi connectivity index (χ3v) is 20.0. The standard InChI is InChI=1S/C78H152O17P2/c1-8-9-10-11-12-13-14-19-27-32-39-47-54-61-77(82)95-74(66-89-76(81)60-53-46-41-34-37-44-51-58-71(6)7)68-93-97(86,87)91-64-72(79)63-90-96(84,85)92-67-73(65-88-75(80)59-52-45-38-31-26-23-18-21-25-30-36-43-50-57-70(4)5)94-78(83)62-55-48-40-33-28-22-17-15-16-20-24-29-35-42-49-56-69(2)3/h69-74,79H,8-68H2,1-7H3,(H,84,85)(H,86,87)/t72-,73-,74-/m1/s1. The molecular formula is C78H152O17P2. The molecule has 0 heterocycles. The van der Waals surface area contributed by atoms with Gasteiger partial charge in [-0.25, -0.2) is 9.13 Å². The molecule has 0 amide bonds. The van der Waals surface area contributed by atoms with Gasteiger partial charge in [0.1, 0.15) is 19.3 Å². The van der Waals surface area contributed by atoms with E-state index in [1.54, 1.807) is 0 Å². The normalized spacial score (nSPS) is 14.0. The Hall–Kier alpha value is -1.94. The lowest BCUT2D eigenvalue weighted by Gasteiger charge is -2.21. The average molecular weight is 1420 g/mol. The Balaban J connectivity index is 5.24. The van der Waals surface area contributed by atoms with Gasteiger partial charge >= 0.3 is 39.5 Å². The van der Waals surface area contributed by atoms with Gasteiger partial charge in [0.05, 0.1) is 26.4 Å². The van der Waals surface area contributed by atoms with E-state index in [1.807, 2.05) is 0 Å². The van der Waals surface area contributed by atoms with Crippen molar-refractivity contribution < 1.29 is 80.2 Å². The highest BCUT2D eigenvalue weighted by molar-refractivity contribution is 7.47. The van der Waals surface area contributed by atoms with E-state index in [0.717, 1.165) is 108 Å². The van der Waals surface area contributed by atoms with Gasteiger partial charge in [-0.1, -0.05) is 350 Å². The van der Waals surface area contributed by atoms with Crippen LogP contribution in [-0.2, 0) is 65.4 Å². The Morgan fingerprint density at radius 3 is 0.701 bits per heavy atom. The van der Waals surface area contributed by atoms with Crippen LogP contribution in [0.3, 0.4) is 0 Å². The van der Waals surface area contributed by atoms with Crippen molar-refractivity contribution in [3.63, 3.8) is 0 Å². The number of esters is 4. The molecule has 0 aliphatic carbocycles. The smallest absolute Gasteiger partial charge is 0.462 e. The monoisotopic (exact) mass is 1420 g/mol. The molecule has 97 heavy (non-hydrogen) atoms. The van der Waals surface area contributed by atoms with E-state index in [2.05, 4.69) is 48.5 Å². The fourth-order valence-corrected chi connectivity index (χ4v) is 13.5. The van der Waals surface area contributed by atoms with Crippen molar-refractivity contribution in [2.75, 3.05) is 39.6 Å². The lowest BCUT2D eigenvalue weighted by atomic mass is 10.0. The highest BCUT2D eigenvalue weighted by Gasteiger charge is 2.30. The van der Waals surface area contributed by atoms with E-state index in [4.69, 9.17) is 37.0 Å². The van der Waals surface area contributed by atoms with Crippen molar-refractivity contribution in [3.8, 4) is 0 Å². The molecule has 0 aliphatic rings. The molecule has 0 bridgehead atoms. The summed E-state index contributed by atoms with van der Waals surface area (Å²) in [5, 5.41) is 10.6. The van der Waals surface area contributed by atoms with Crippen molar-refractivity contribution in [1.29, 1.82) is 0 Å². The fraction of sp³-hybridized carbons (Fsp3) is 0.949. The number of phosphoric acid groups is 2. The number of ether oxygens (including phenoxy) is 4. The van der Waals surface area contributed by atoms with Gasteiger partial charge in [0.15, 0.2) is 12.2 Å². The van der Waals surface area contributed by atoms with Crippen molar-refractivity contribution in [1.82, 2.24) is 0 Å². The van der Waals surface area contributed by atoms with E-state index in [9.17, 15) is 43.2 Å². The Morgan fingerprint density at radius 1 is 0.278 bits per heavy atom. The molecule has 0 fully saturated rings. The summed E-state index contributed by atoms with van der Waals surface area (Å²) in [5.41, 5.74) is 0. The van der Waals surface area contributed by atoms with Crippen LogP contribution in [0.15, 0.2) is 0 Å². The summed E-state index contributed by atoms with van der Waals surface area (Å²) in [6.07, 6.45) is 55.5. The molecule has 0 radical (unpaired) electrons. The predicted molar refractivity (Wildman–Crippen MR) is 395 cm³/mol. The van der Waals surface area contributed by atoms with Crippen LogP contribution in [0.2, 0.25) is 0 Å². The highest BCUT2D eigenvalue weighted by Crippen LogP contribution is 2.45. The Labute approximate surface area is 594 Å². The van der Waals surface area contributed by atoms with E-state index in [1.165, 1.54) is 205 Å². The Morgan fingerprint density at radius 2 is 0.474 bits per heavy atom. The van der Waals surface area contributed by atoms with Gasteiger partial charge in [-0.15, -0.1) is 0 Å². The predicted octanol–water partition coefficient (Wildman–Crippen LogP) is 23.0. The SMILES string of the molecule is CCCCCCCCCCCCCCCC(=O)O[C@H](COC(=O)CCCCCCCCCC(C)C)COP(=O)(O)OC[C@H](O)COP(=O)(O)OC[C@@H](COC(=O)CCCCCCCCCCCCCCCC(C)C)OC(=O)CCCCCCCCCCCCCCCCCC(C)C. The van der Waals surface area contributed by atoms with Crippen molar-refractivity contribution in [2.24, 2.45) is 17.8 Å². The molecule has 5 atom stereocenters. The molecule has 0 rings (SSSR count). The van der Waals surface area contributed by atoms with Gasteiger partial charge in [-0.05, 0) is 43.4 Å². The van der Waals surface area contributed by atoms with E-state index >= 15 is 0 Å². The van der Waals surface area contributed by atoms with Gasteiger partial charge < -0.3 is 33.8 Å². The second-order valence-corrected chi connectivity index (χ2v) is 32.4. The summed E-state index contributed by atoms with van der Waals surface area (Å²) in [7, 11) is -9.91. The number of unbranched alkanes of at least 4 members (excludes halogenated alkanes) is 44. The van der Waals surface area contributed by atoms with Crippen LogP contribution in [0.5, 0.6) is 0 Å². The summed E-state index contributed by atoms with van der Waals surface area (Å²) in [5.74, 6) is 0.185. The Kier molecular flexibility index (Phi) is 67.1. The molecule has 3 N–H and O–H groups in total.